The van der Waals surface area contributed by atoms with Crippen molar-refractivity contribution in [3.05, 3.63) is 40.3 Å². The second-order valence-corrected chi connectivity index (χ2v) is 9.41. The van der Waals surface area contributed by atoms with Crippen LogP contribution in [0.3, 0.4) is 0 Å². The van der Waals surface area contributed by atoms with Gasteiger partial charge in [0.15, 0.2) is 0 Å². The molecule has 1 aliphatic carbocycles. The van der Waals surface area contributed by atoms with Crippen molar-refractivity contribution in [2.75, 3.05) is 31.7 Å². The van der Waals surface area contributed by atoms with Gasteiger partial charge in [-0.05, 0) is 31.4 Å². The number of carbonyl (C=O) groups excluding carboxylic acids is 2. The Kier molecular flexibility index (Phi) is 4.88. The number of anilines is 2. The van der Waals surface area contributed by atoms with Crippen molar-refractivity contribution in [2.24, 2.45) is 11.1 Å². The highest BCUT2D eigenvalue weighted by molar-refractivity contribution is 6.34. The number of nitrogens with two attached hydrogens (primary N) is 2. The van der Waals surface area contributed by atoms with E-state index in [9.17, 15) is 9.59 Å². The quantitative estimate of drug-likeness (QED) is 0.628. The zero-order valence-electron chi connectivity index (χ0n) is 17.7. The van der Waals surface area contributed by atoms with Crippen LogP contribution in [0.2, 0.25) is 5.02 Å². The van der Waals surface area contributed by atoms with Crippen LogP contribution in [0.15, 0.2) is 18.3 Å². The number of nitrogens with one attached hydrogen (secondary N) is 1. The number of carbonyl (C=O) groups is 2. The largest absolute Gasteiger partial charge is 0.398 e. The first-order chi connectivity index (χ1) is 14.5. The first kappa shape index (κ1) is 21.4. The Labute approximate surface area is 184 Å². The van der Waals surface area contributed by atoms with Crippen LogP contribution in [0, 0.1) is 11.2 Å². The molecule has 1 saturated carbocycles. The van der Waals surface area contributed by atoms with Crippen LogP contribution < -0.4 is 16.8 Å². The van der Waals surface area contributed by atoms with Crippen molar-refractivity contribution in [3.63, 3.8) is 0 Å². The normalized spacial score (nSPS) is 24.2. The lowest BCUT2D eigenvalue weighted by Crippen LogP contribution is -2.35. The zero-order valence-corrected chi connectivity index (χ0v) is 18.4. The maximum absolute atomic E-state index is 15.5. The van der Waals surface area contributed by atoms with E-state index in [4.69, 9.17) is 23.1 Å². The molecule has 0 unspecified atom stereocenters. The average Bonchev–Trinajstić information content (AvgIpc) is 3.24. The highest BCUT2D eigenvalue weighted by Crippen LogP contribution is 2.57. The van der Waals surface area contributed by atoms with Crippen LogP contribution in [0.4, 0.5) is 15.9 Å². The second-order valence-electron chi connectivity index (χ2n) is 9.04. The number of hydrogen-bond donors (Lipinski definition) is 3. The minimum Gasteiger partial charge on any atom is -0.398 e. The Morgan fingerprint density at radius 2 is 1.97 bits per heavy atom. The predicted molar refractivity (Wildman–Crippen MR) is 118 cm³/mol. The third-order valence-electron chi connectivity index (χ3n) is 6.70. The maximum atomic E-state index is 15.5. The molecule has 31 heavy (non-hydrogen) atoms. The van der Waals surface area contributed by atoms with E-state index < -0.39 is 22.6 Å². The number of nitrogens with zero attached hydrogens (tertiary/aromatic N) is 2. The van der Waals surface area contributed by atoms with Crippen LogP contribution in [-0.4, -0.2) is 42.3 Å². The monoisotopic (exact) mass is 445 g/mol. The summed E-state index contributed by atoms with van der Waals surface area (Å²) >= 11 is 6.85. The van der Waals surface area contributed by atoms with Crippen LogP contribution >= 0.6 is 11.6 Å². The van der Waals surface area contributed by atoms with Gasteiger partial charge < -0.3 is 21.7 Å². The number of halogens is 2. The van der Waals surface area contributed by atoms with Gasteiger partial charge in [-0.15, -0.1) is 0 Å². The molecule has 4 rings (SSSR count). The minimum atomic E-state index is -0.740. The molecule has 164 valence electrons. The Balaban J connectivity index is 1.86. The maximum Gasteiger partial charge on any atom is 0.258 e. The molecule has 2 aromatic rings. The summed E-state index contributed by atoms with van der Waals surface area (Å²) in [6, 6.07) is 3.00. The molecule has 1 spiro atoms. The fraction of sp³-hybridized carbons (Fsp3) is 0.409. The van der Waals surface area contributed by atoms with Crippen molar-refractivity contribution in [1.82, 2.24) is 9.88 Å². The number of hydrogen-bond acceptors (Lipinski definition) is 5. The van der Waals surface area contributed by atoms with Crippen LogP contribution in [0.5, 0.6) is 0 Å². The van der Waals surface area contributed by atoms with Gasteiger partial charge in [0.25, 0.3) is 5.91 Å². The number of pyridine rings is 1. The van der Waals surface area contributed by atoms with Gasteiger partial charge in [-0.1, -0.05) is 18.5 Å². The Morgan fingerprint density at radius 1 is 1.26 bits per heavy atom. The summed E-state index contributed by atoms with van der Waals surface area (Å²) in [5.74, 6) is -0.985. The number of benzene rings is 1. The van der Waals surface area contributed by atoms with E-state index in [1.807, 2.05) is 6.92 Å². The number of fused-ring (bicyclic) bond motifs is 2. The average molecular weight is 446 g/mol. The molecule has 0 radical (unpaired) electrons. The highest BCUT2D eigenvalue weighted by atomic mass is 35.5. The summed E-state index contributed by atoms with van der Waals surface area (Å²) in [4.78, 5) is 30.3. The Morgan fingerprint density at radius 3 is 2.58 bits per heavy atom. The first-order valence-corrected chi connectivity index (χ1v) is 10.4. The van der Waals surface area contributed by atoms with Crippen LogP contribution in [0.1, 0.15) is 42.1 Å². The topological polar surface area (TPSA) is 114 Å². The van der Waals surface area contributed by atoms with Gasteiger partial charge in [-0.25, -0.2) is 9.37 Å². The van der Waals surface area contributed by atoms with Gasteiger partial charge in [0.1, 0.15) is 11.6 Å². The molecule has 5 N–H and O–H groups in total. The van der Waals surface area contributed by atoms with Crippen molar-refractivity contribution in [3.8, 4) is 11.1 Å². The highest BCUT2D eigenvalue weighted by Gasteiger charge is 2.53. The van der Waals surface area contributed by atoms with E-state index in [-0.39, 0.29) is 22.7 Å². The summed E-state index contributed by atoms with van der Waals surface area (Å²) in [6.45, 7) is 2.45. The van der Waals surface area contributed by atoms with Gasteiger partial charge >= 0.3 is 0 Å². The molecule has 1 aromatic carbocycles. The predicted octanol–water partition coefficient (Wildman–Crippen LogP) is 3.16. The van der Waals surface area contributed by atoms with E-state index in [1.54, 1.807) is 0 Å². The first-order valence-electron chi connectivity index (χ1n) is 10.0. The van der Waals surface area contributed by atoms with E-state index in [2.05, 4.69) is 10.3 Å². The van der Waals surface area contributed by atoms with Gasteiger partial charge in [0, 0.05) is 60.0 Å². The van der Waals surface area contributed by atoms with E-state index in [0.717, 1.165) is 5.56 Å². The third kappa shape index (κ3) is 3.12. The number of rotatable bonds is 3. The van der Waals surface area contributed by atoms with Crippen molar-refractivity contribution in [2.45, 2.75) is 31.6 Å². The fourth-order valence-corrected chi connectivity index (χ4v) is 5.33. The molecule has 2 aliphatic rings. The minimum absolute atomic E-state index is 0.0522. The van der Waals surface area contributed by atoms with E-state index in [0.29, 0.717) is 42.2 Å². The molecule has 0 saturated heterocycles. The summed E-state index contributed by atoms with van der Waals surface area (Å²) in [5.41, 5.74) is 11.7. The summed E-state index contributed by atoms with van der Waals surface area (Å²) < 4.78 is 15.5. The third-order valence-corrected chi connectivity index (χ3v) is 7.10. The molecule has 9 heteroatoms. The van der Waals surface area contributed by atoms with Gasteiger partial charge in [0.2, 0.25) is 5.91 Å². The molecule has 1 aromatic heterocycles. The lowest BCUT2D eigenvalue weighted by Gasteiger charge is -2.27. The standard InChI is InChI=1S/C22H25ClFN5O2/c1-21(20(26)31)6-7-22(9-21)10-28-18-15(22)16(23)12(8-27-18)11-4-5-13(25)14(17(11)24)19(30)29(2)3/h4-5,8H,6-7,9-10,25H2,1-3H3,(H2,26,31)(H,27,28)/t21-,22+/m0/s1. The molecule has 2 heterocycles. The molecular formula is C22H25ClFN5O2. The van der Waals surface area contributed by atoms with Crippen LogP contribution in [0.25, 0.3) is 11.1 Å². The molecule has 2 atom stereocenters. The van der Waals surface area contributed by atoms with Crippen molar-refractivity contribution < 1.29 is 14.0 Å². The lowest BCUT2D eigenvalue weighted by atomic mass is 9.76. The SMILES string of the molecule is CN(C)C(=O)c1c(N)ccc(-c2cnc3c(c2Cl)[C@@]2(CC[C@](C)(C(N)=O)C2)CN3)c1F. The number of aromatic nitrogens is 1. The Bertz CT molecular complexity index is 1120. The molecule has 0 bridgehead atoms. The van der Waals surface area contributed by atoms with Crippen LogP contribution in [-0.2, 0) is 10.2 Å². The van der Waals surface area contributed by atoms with Crippen molar-refractivity contribution in [1.29, 1.82) is 0 Å². The molecule has 7 nitrogen and oxygen atoms in total. The van der Waals surface area contributed by atoms with E-state index in [1.165, 1.54) is 37.3 Å². The van der Waals surface area contributed by atoms with Gasteiger partial charge in [-0.2, -0.15) is 0 Å². The van der Waals surface area contributed by atoms with E-state index >= 15 is 4.39 Å². The van der Waals surface area contributed by atoms with Crippen molar-refractivity contribution >= 4 is 34.9 Å². The zero-order chi connectivity index (χ0) is 22.7. The number of primary amides is 1. The number of nitrogen functional groups attached to an aromatic ring is 1. The molecular weight excluding hydrogens is 421 g/mol. The summed E-state index contributed by atoms with van der Waals surface area (Å²) in [6.07, 6.45) is 3.39. The second kappa shape index (κ2) is 7.09. The molecule has 1 fully saturated rings. The fourth-order valence-electron chi connectivity index (χ4n) is 4.89. The smallest absolute Gasteiger partial charge is 0.258 e. The molecule has 2 amide bonds. The summed E-state index contributed by atoms with van der Waals surface area (Å²) in [7, 11) is 3.06. The number of amides is 2. The lowest BCUT2D eigenvalue weighted by molar-refractivity contribution is -0.126. The van der Waals surface area contributed by atoms with Gasteiger partial charge in [-0.3, -0.25) is 9.59 Å². The van der Waals surface area contributed by atoms with Gasteiger partial charge in [0.05, 0.1) is 10.6 Å². The summed E-state index contributed by atoms with van der Waals surface area (Å²) in [5, 5.41) is 3.63. The Hall–Kier alpha value is -2.87. The molecule has 1 aliphatic heterocycles.